The Bertz CT molecular complexity index is 612. The van der Waals surface area contributed by atoms with E-state index in [-0.39, 0.29) is 46.1 Å². The van der Waals surface area contributed by atoms with Crippen molar-refractivity contribution in [3.8, 4) is 0 Å². The lowest BCUT2D eigenvalue weighted by Gasteiger charge is -2.48. The van der Waals surface area contributed by atoms with Crippen molar-refractivity contribution in [2.75, 3.05) is 0 Å². The fraction of sp³-hybridized carbons (Fsp3) is 0.885. The van der Waals surface area contributed by atoms with Crippen molar-refractivity contribution in [2.45, 2.75) is 141 Å². The standard InChI is InChI=1S/C26H49N4O2/c1-11-12-13-26(10,20(31)27-18-14-22(2,3)29-23(4,5)15-18)21(32)28-19-16-24(6,7)30-25(8,9)17-19/h18-19,29-30H,10-17H2,1-9H3,(H,27,31)(H,28,32). The Balaban J connectivity index is 2.17. The molecule has 0 aromatic heterocycles. The summed E-state index contributed by atoms with van der Waals surface area (Å²) in [6, 6.07) is 0.0297. The van der Waals surface area contributed by atoms with Gasteiger partial charge in [-0.05, 0) is 94.4 Å². The normalized spacial score (nSPS) is 25.2. The van der Waals surface area contributed by atoms with Gasteiger partial charge in [0.05, 0.1) is 0 Å². The van der Waals surface area contributed by atoms with Crippen LogP contribution in [0, 0.1) is 12.3 Å². The molecule has 2 rings (SSSR count). The van der Waals surface area contributed by atoms with E-state index in [9.17, 15) is 9.59 Å². The fourth-order valence-electron chi connectivity index (χ4n) is 6.30. The molecule has 32 heavy (non-hydrogen) atoms. The summed E-state index contributed by atoms with van der Waals surface area (Å²) in [7, 11) is 0. The van der Waals surface area contributed by atoms with Gasteiger partial charge >= 0.3 is 0 Å². The molecule has 2 fully saturated rings. The summed E-state index contributed by atoms with van der Waals surface area (Å²) < 4.78 is 0. The van der Waals surface area contributed by atoms with Crippen LogP contribution in [0.4, 0.5) is 0 Å². The van der Waals surface area contributed by atoms with Crippen LogP contribution >= 0.6 is 0 Å². The van der Waals surface area contributed by atoms with Crippen molar-refractivity contribution in [3.05, 3.63) is 6.92 Å². The maximum absolute atomic E-state index is 13.5. The SMILES string of the molecule is [CH2]C(CCCC)(C(=O)NC1CC(C)(C)NC(C)(C)C1)C(=O)NC1CC(C)(C)NC(C)(C)C1. The molecule has 0 spiro atoms. The predicted octanol–water partition coefficient (Wildman–Crippen LogP) is 3.85. The third-order valence-electron chi connectivity index (χ3n) is 6.88. The number of carbonyl (C=O) groups excluding carboxylic acids is 2. The van der Waals surface area contributed by atoms with Crippen molar-refractivity contribution in [1.29, 1.82) is 0 Å². The molecule has 0 aromatic carbocycles. The number of carbonyl (C=O) groups is 2. The molecule has 1 radical (unpaired) electrons. The van der Waals surface area contributed by atoms with E-state index in [1.807, 2.05) is 0 Å². The Morgan fingerprint density at radius 3 is 1.38 bits per heavy atom. The molecule has 0 aliphatic carbocycles. The van der Waals surface area contributed by atoms with E-state index in [4.69, 9.17) is 0 Å². The lowest BCUT2D eigenvalue weighted by atomic mass is 9.77. The van der Waals surface area contributed by atoms with Crippen LogP contribution in [-0.2, 0) is 9.59 Å². The maximum Gasteiger partial charge on any atom is 0.235 e. The number of piperidine rings is 2. The zero-order valence-electron chi connectivity index (χ0n) is 22.1. The molecule has 0 atom stereocenters. The van der Waals surface area contributed by atoms with E-state index in [1.54, 1.807) is 0 Å². The third kappa shape index (κ3) is 7.18. The highest BCUT2D eigenvalue weighted by molar-refractivity contribution is 6.06. The molecule has 6 nitrogen and oxygen atoms in total. The molecular weight excluding hydrogens is 400 g/mol. The van der Waals surface area contributed by atoms with Crippen molar-refractivity contribution in [2.24, 2.45) is 5.41 Å². The van der Waals surface area contributed by atoms with Crippen molar-refractivity contribution in [3.63, 3.8) is 0 Å². The summed E-state index contributed by atoms with van der Waals surface area (Å²) in [5.74, 6) is -0.483. The smallest absolute Gasteiger partial charge is 0.235 e. The molecular formula is C26H49N4O2. The molecule has 0 bridgehead atoms. The van der Waals surface area contributed by atoms with Gasteiger partial charge in [0.2, 0.25) is 11.8 Å². The minimum Gasteiger partial charge on any atom is -0.352 e. The first kappa shape index (κ1) is 27.1. The molecule has 2 amide bonds. The van der Waals surface area contributed by atoms with E-state index >= 15 is 0 Å². The highest BCUT2D eigenvalue weighted by atomic mass is 16.2. The van der Waals surface area contributed by atoms with Crippen LogP contribution in [0.5, 0.6) is 0 Å². The lowest BCUT2D eigenvalue weighted by molar-refractivity contribution is -0.142. The lowest BCUT2D eigenvalue weighted by Crippen LogP contribution is -2.65. The zero-order chi connectivity index (χ0) is 24.6. The van der Waals surface area contributed by atoms with Gasteiger partial charge in [-0.3, -0.25) is 9.59 Å². The van der Waals surface area contributed by atoms with Gasteiger partial charge in [-0.2, -0.15) is 0 Å². The van der Waals surface area contributed by atoms with Crippen molar-refractivity contribution < 1.29 is 9.59 Å². The van der Waals surface area contributed by atoms with Crippen LogP contribution in [0.2, 0.25) is 0 Å². The van der Waals surface area contributed by atoms with Crippen LogP contribution in [0.1, 0.15) is 107 Å². The number of hydrogen-bond donors (Lipinski definition) is 4. The summed E-state index contributed by atoms with van der Waals surface area (Å²) >= 11 is 0. The minimum absolute atomic E-state index is 0.0149. The Morgan fingerprint density at radius 2 is 1.09 bits per heavy atom. The van der Waals surface area contributed by atoms with Gasteiger partial charge in [0, 0.05) is 34.2 Å². The molecule has 0 saturated carbocycles. The predicted molar refractivity (Wildman–Crippen MR) is 132 cm³/mol. The van der Waals surface area contributed by atoms with Gasteiger partial charge in [0.1, 0.15) is 5.41 Å². The van der Waals surface area contributed by atoms with Gasteiger partial charge in [-0.1, -0.05) is 19.8 Å². The second kappa shape index (κ2) is 9.25. The van der Waals surface area contributed by atoms with Crippen molar-refractivity contribution >= 4 is 11.8 Å². The van der Waals surface area contributed by atoms with E-state index in [0.29, 0.717) is 6.42 Å². The Labute approximate surface area is 196 Å². The summed E-state index contributed by atoms with van der Waals surface area (Å²) in [6.45, 7) is 23.6. The summed E-state index contributed by atoms with van der Waals surface area (Å²) in [5, 5.41) is 13.7. The molecule has 0 aromatic rings. The molecule has 4 N–H and O–H groups in total. The summed E-state index contributed by atoms with van der Waals surface area (Å²) in [4.78, 5) is 27.1. The van der Waals surface area contributed by atoms with Gasteiger partial charge in [0.15, 0.2) is 0 Å². The molecule has 2 heterocycles. The molecule has 2 aliphatic heterocycles. The number of unbranched alkanes of at least 4 members (excludes halogenated alkanes) is 1. The van der Waals surface area contributed by atoms with Crippen LogP contribution < -0.4 is 21.3 Å². The average Bonchev–Trinajstić information content (AvgIpc) is 2.53. The van der Waals surface area contributed by atoms with E-state index < -0.39 is 5.41 Å². The molecule has 2 aliphatic rings. The molecule has 2 saturated heterocycles. The van der Waals surface area contributed by atoms with Crippen molar-refractivity contribution in [1.82, 2.24) is 21.3 Å². The van der Waals surface area contributed by atoms with E-state index in [2.05, 4.69) is 90.5 Å². The first-order chi connectivity index (χ1) is 14.4. The first-order valence-corrected chi connectivity index (χ1v) is 12.4. The zero-order valence-corrected chi connectivity index (χ0v) is 22.1. The fourth-order valence-corrected chi connectivity index (χ4v) is 6.30. The van der Waals surface area contributed by atoms with E-state index in [1.165, 1.54) is 0 Å². The Hall–Kier alpha value is -1.14. The maximum atomic E-state index is 13.5. The highest BCUT2D eigenvalue weighted by Crippen LogP contribution is 2.33. The second-order valence-electron chi connectivity index (χ2n) is 13.1. The third-order valence-corrected chi connectivity index (χ3v) is 6.88. The molecule has 185 valence electrons. The molecule has 0 unspecified atom stereocenters. The first-order valence-electron chi connectivity index (χ1n) is 12.4. The number of nitrogens with one attached hydrogen (secondary N) is 4. The summed E-state index contributed by atoms with van der Waals surface area (Å²) in [5.41, 5.74) is -1.64. The quantitative estimate of drug-likeness (QED) is 0.445. The Morgan fingerprint density at radius 1 is 0.781 bits per heavy atom. The minimum atomic E-state index is -1.31. The Kier molecular flexibility index (Phi) is 7.83. The summed E-state index contributed by atoms with van der Waals surface area (Å²) in [6.07, 6.45) is 5.45. The van der Waals surface area contributed by atoms with Crippen LogP contribution in [0.25, 0.3) is 0 Å². The van der Waals surface area contributed by atoms with E-state index in [0.717, 1.165) is 38.5 Å². The van der Waals surface area contributed by atoms with Crippen LogP contribution in [0.3, 0.4) is 0 Å². The number of rotatable bonds is 7. The largest absolute Gasteiger partial charge is 0.352 e. The van der Waals surface area contributed by atoms with Crippen LogP contribution in [-0.4, -0.2) is 46.1 Å². The van der Waals surface area contributed by atoms with Gasteiger partial charge in [-0.15, -0.1) is 0 Å². The second-order valence-corrected chi connectivity index (χ2v) is 13.1. The highest BCUT2D eigenvalue weighted by Gasteiger charge is 2.46. The number of hydrogen-bond acceptors (Lipinski definition) is 4. The average molecular weight is 450 g/mol. The number of amides is 2. The van der Waals surface area contributed by atoms with Gasteiger partial charge < -0.3 is 21.3 Å². The molecule has 6 heteroatoms. The van der Waals surface area contributed by atoms with Gasteiger partial charge in [0.25, 0.3) is 0 Å². The monoisotopic (exact) mass is 449 g/mol. The van der Waals surface area contributed by atoms with Crippen LogP contribution in [0.15, 0.2) is 0 Å². The topological polar surface area (TPSA) is 82.3 Å². The van der Waals surface area contributed by atoms with Gasteiger partial charge in [-0.25, -0.2) is 0 Å².